The molecule has 320 valence electrons. The Morgan fingerprint density at radius 2 is 1.04 bits per heavy atom. The SMILES string of the molecule is CC/C=C\C/C=C\C/C=C\CCCCCCCC(=O)OC[C@H](COP(=O)(O)OC1C(O)C(O)C(O)[C@@H](O)C1O)OC(=O)CCCCCCCCCCCCC. The third-order valence-electron chi connectivity index (χ3n) is 9.50. The van der Waals surface area contributed by atoms with Gasteiger partial charge in [0.15, 0.2) is 6.10 Å². The van der Waals surface area contributed by atoms with E-state index in [0.29, 0.717) is 12.8 Å². The van der Waals surface area contributed by atoms with Crippen LogP contribution in [-0.2, 0) is 32.7 Å². The molecule has 8 atom stereocenters. The van der Waals surface area contributed by atoms with Gasteiger partial charge in [0.1, 0.15) is 43.2 Å². The number of unbranched alkanes of at least 4 members (excludes halogenated alkanes) is 15. The molecular formula is C41H73O13P. The largest absolute Gasteiger partial charge is 0.472 e. The molecule has 0 amide bonds. The number of carbonyl (C=O) groups excluding carboxylic acids is 2. The lowest BCUT2D eigenvalue weighted by Gasteiger charge is -2.41. The van der Waals surface area contributed by atoms with Crippen LogP contribution < -0.4 is 0 Å². The minimum absolute atomic E-state index is 0.0943. The van der Waals surface area contributed by atoms with Crippen molar-refractivity contribution in [1.29, 1.82) is 0 Å². The molecule has 1 aliphatic carbocycles. The fourth-order valence-electron chi connectivity index (χ4n) is 6.12. The monoisotopic (exact) mass is 804 g/mol. The zero-order valence-corrected chi connectivity index (χ0v) is 34.4. The second-order valence-corrected chi connectivity index (χ2v) is 15.9. The van der Waals surface area contributed by atoms with Crippen molar-refractivity contribution in [2.45, 2.75) is 198 Å². The molecule has 0 spiro atoms. The quantitative estimate of drug-likeness (QED) is 0.0170. The van der Waals surface area contributed by atoms with E-state index in [0.717, 1.165) is 77.0 Å². The zero-order chi connectivity index (χ0) is 40.7. The topological polar surface area (TPSA) is 210 Å². The number of phosphoric ester groups is 1. The zero-order valence-electron chi connectivity index (χ0n) is 33.5. The first-order valence-electron chi connectivity index (χ1n) is 20.8. The maximum Gasteiger partial charge on any atom is 0.472 e. The van der Waals surface area contributed by atoms with Crippen LogP contribution >= 0.6 is 7.82 Å². The van der Waals surface area contributed by atoms with Crippen molar-refractivity contribution in [1.82, 2.24) is 0 Å². The highest BCUT2D eigenvalue weighted by molar-refractivity contribution is 7.47. The molecule has 55 heavy (non-hydrogen) atoms. The Kier molecular flexibility index (Phi) is 29.8. The van der Waals surface area contributed by atoms with Crippen LogP contribution in [0.2, 0.25) is 0 Å². The van der Waals surface area contributed by atoms with E-state index in [9.17, 15) is 44.6 Å². The average Bonchev–Trinajstić information content (AvgIpc) is 3.16. The number of rotatable bonds is 33. The summed E-state index contributed by atoms with van der Waals surface area (Å²) < 4.78 is 33.4. The summed E-state index contributed by atoms with van der Waals surface area (Å²) in [7, 11) is -5.11. The van der Waals surface area contributed by atoms with Crippen molar-refractivity contribution in [2.24, 2.45) is 0 Å². The highest BCUT2D eigenvalue weighted by atomic mass is 31.2. The summed E-state index contributed by atoms with van der Waals surface area (Å²) in [5.74, 6) is -1.12. The molecule has 0 radical (unpaired) electrons. The van der Waals surface area contributed by atoms with Gasteiger partial charge in [-0.1, -0.05) is 134 Å². The molecule has 1 fully saturated rings. The van der Waals surface area contributed by atoms with Crippen LogP contribution in [0.5, 0.6) is 0 Å². The summed E-state index contributed by atoms with van der Waals surface area (Å²) in [6.07, 6.45) is 20.7. The average molecular weight is 805 g/mol. The van der Waals surface area contributed by atoms with Crippen molar-refractivity contribution in [3.8, 4) is 0 Å². The lowest BCUT2D eigenvalue weighted by atomic mass is 9.85. The normalized spacial score (nSPS) is 23.4. The van der Waals surface area contributed by atoms with Crippen molar-refractivity contribution >= 4 is 19.8 Å². The number of hydrogen-bond donors (Lipinski definition) is 6. The maximum atomic E-state index is 12.8. The van der Waals surface area contributed by atoms with Crippen molar-refractivity contribution in [3.63, 3.8) is 0 Å². The number of phosphoric acid groups is 1. The molecule has 1 saturated carbocycles. The number of aliphatic hydroxyl groups is 5. The van der Waals surface area contributed by atoms with Crippen LogP contribution in [0.25, 0.3) is 0 Å². The predicted molar refractivity (Wildman–Crippen MR) is 212 cm³/mol. The Bertz CT molecular complexity index is 1110. The standard InChI is InChI=1S/C41H73O13P/c1-3-5-7-9-11-13-15-16-17-18-20-21-23-25-27-29-34(42)51-31-33(53-35(43)30-28-26-24-22-19-14-12-10-8-6-4-2)32-52-55(49,50)54-41-39(47)37(45)36(44)38(46)40(41)48/h5,7,11,13,16-17,33,36-41,44-48H,3-4,6,8-10,12,14-15,18-32H2,1-2H3,(H,49,50)/b7-5-,13-11-,17-16-/t33-,36?,37-,38?,39?,40?,41?/m1/s1. The van der Waals surface area contributed by atoms with E-state index in [1.807, 2.05) is 0 Å². The van der Waals surface area contributed by atoms with Crippen LogP contribution in [0.3, 0.4) is 0 Å². The highest BCUT2D eigenvalue weighted by Crippen LogP contribution is 2.47. The van der Waals surface area contributed by atoms with Gasteiger partial charge in [-0.15, -0.1) is 0 Å². The van der Waals surface area contributed by atoms with Gasteiger partial charge in [0.2, 0.25) is 0 Å². The van der Waals surface area contributed by atoms with Crippen LogP contribution in [0.15, 0.2) is 36.5 Å². The molecule has 1 aliphatic rings. The van der Waals surface area contributed by atoms with E-state index in [1.165, 1.54) is 38.5 Å². The second-order valence-electron chi connectivity index (χ2n) is 14.5. The van der Waals surface area contributed by atoms with Crippen LogP contribution in [0.4, 0.5) is 0 Å². The summed E-state index contributed by atoms with van der Waals surface area (Å²) >= 11 is 0. The summed E-state index contributed by atoms with van der Waals surface area (Å²) in [4.78, 5) is 35.5. The number of hydrogen-bond acceptors (Lipinski definition) is 12. The van der Waals surface area contributed by atoms with Crippen molar-refractivity contribution < 1.29 is 63.1 Å². The van der Waals surface area contributed by atoms with E-state index in [-0.39, 0.29) is 12.8 Å². The van der Waals surface area contributed by atoms with Gasteiger partial charge < -0.3 is 39.9 Å². The van der Waals surface area contributed by atoms with Crippen LogP contribution in [-0.4, -0.2) is 98.3 Å². The molecular weight excluding hydrogens is 731 g/mol. The fourth-order valence-corrected chi connectivity index (χ4v) is 7.10. The molecule has 0 aromatic carbocycles. The Labute approximate surface area is 329 Å². The fraction of sp³-hybridized carbons (Fsp3) is 0.805. The third-order valence-corrected chi connectivity index (χ3v) is 10.5. The van der Waals surface area contributed by atoms with Crippen molar-refractivity contribution in [3.05, 3.63) is 36.5 Å². The molecule has 0 saturated heterocycles. The number of ether oxygens (including phenoxy) is 2. The Morgan fingerprint density at radius 3 is 1.58 bits per heavy atom. The lowest BCUT2D eigenvalue weighted by Crippen LogP contribution is -2.64. The van der Waals surface area contributed by atoms with E-state index in [1.54, 1.807) is 0 Å². The predicted octanol–water partition coefficient (Wildman–Crippen LogP) is 7.05. The number of allylic oxidation sites excluding steroid dienone is 6. The molecule has 0 aromatic rings. The first kappa shape index (κ1) is 51.1. The molecule has 6 unspecified atom stereocenters. The summed E-state index contributed by atoms with van der Waals surface area (Å²) in [6.45, 7) is 3.14. The van der Waals surface area contributed by atoms with Gasteiger partial charge in [0.25, 0.3) is 0 Å². The summed E-state index contributed by atoms with van der Waals surface area (Å²) in [5.41, 5.74) is 0. The van der Waals surface area contributed by atoms with Gasteiger partial charge in [0.05, 0.1) is 6.61 Å². The van der Waals surface area contributed by atoms with Crippen LogP contribution in [0, 0.1) is 0 Å². The molecule has 1 rings (SSSR count). The maximum absolute atomic E-state index is 12.8. The molecule has 13 nitrogen and oxygen atoms in total. The molecule has 14 heteroatoms. The first-order chi connectivity index (χ1) is 26.4. The highest BCUT2D eigenvalue weighted by Gasteiger charge is 2.51. The summed E-state index contributed by atoms with van der Waals surface area (Å²) in [5, 5.41) is 50.0. The Balaban J connectivity index is 2.51. The van der Waals surface area contributed by atoms with Gasteiger partial charge in [-0.3, -0.25) is 18.6 Å². The van der Waals surface area contributed by atoms with Gasteiger partial charge in [0, 0.05) is 12.8 Å². The number of esters is 2. The second kappa shape index (κ2) is 32.1. The van der Waals surface area contributed by atoms with Gasteiger partial charge in [-0.05, 0) is 44.9 Å². The molecule has 0 aliphatic heterocycles. The van der Waals surface area contributed by atoms with E-state index >= 15 is 0 Å². The number of carbonyl (C=O) groups is 2. The Hall–Kier alpha value is -1.93. The van der Waals surface area contributed by atoms with Gasteiger partial charge in [-0.2, -0.15) is 0 Å². The smallest absolute Gasteiger partial charge is 0.462 e. The van der Waals surface area contributed by atoms with E-state index in [4.69, 9.17) is 18.5 Å². The minimum Gasteiger partial charge on any atom is -0.462 e. The van der Waals surface area contributed by atoms with Crippen molar-refractivity contribution in [2.75, 3.05) is 13.2 Å². The minimum atomic E-state index is -5.11. The third kappa shape index (κ3) is 25.1. The van der Waals surface area contributed by atoms with E-state index < -0.39 is 75.7 Å². The molecule has 0 heterocycles. The molecule has 6 N–H and O–H groups in total. The van der Waals surface area contributed by atoms with E-state index in [2.05, 4.69) is 50.3 Å². The van der Waals surface area contributed by atoms with Gasteiger partial charge >= 0.3 is 19.8 Å². The Morgan fingerprint density at radius 1 is 0.582 bits per heavy atom. The first-order valence-corrected chi connectivity index (χ1v) is 22.3. The lowest BCUT2D eigenvalue weighted by molar-refractivity contribution is -0.220. The summed E-state index contributed by atoms with van der Waals surface area (Å²) in [6, 6.07) is 0. The number of aliphatic hydroxyl groups excluding tert-OH is 5. The van der Waals surface area contributed by atoms with Gasteiger partial charge in [-0.25, -0.2) is 4.57 Å². The molecule has 0 aromatic heterocycles. The molecule has 0 bridgehead atoms. The van der Waals surface area contributed by atoms with Crippen LogP contribution in [0.1, 0.15) is 155 Å².